The van der Waals surface area contributed by atoms with Crippen LogP contribution in [0.1, 0.15) is 26.7 Å². The zero-order chi connectivity index (χ0) is 11.5. The summed E-state index contributed by atoms with van der Waals surface area (Å²) in [5, 5.41) is 7.53. The topological polar surface area (TPSA) is 53.5 Å². The van der Waals surface area contributed by atoms with Crippen LogP contribution in [0.2, 0.25) is 0 Å². The first-order valence-electron chi connectivity index (χ1n) is 5.89. The van der Waals surface area contributed by atoms with Crippen molar-refractivity contribution in [3.8, 4) is 0 Å². The molecule has 1 atom stereocenters. The smallest absolute Gasteiger partial charge is 0.239 e. The van der Waals surface area contributed by atoms with E-state index >= 15 is 0 Å². The van der Waals surface area contributed by atoms with Crippen molar-refractivity contribution < 1.29 is 4.79 Å². The molecular weight excluding hydrogens is 222 g/mol. The molecule has 0 radical (unpaired) electrons. The lowest BCUT2D eigenvalue weighted by atomic mass is 10.1. The van der Waals surface area contributed by atoms with Gasteiger partial charge in [0.05, 0.1) is 13.1 Å². The van der Waals surface area contributed by atoms with E-state index in [9.17, 15) is 4.79 Å². The number of carbonyl (C=O) groups excluding carboxylic acids is 1. The predicted molar refractivity (Wildman–Crippen MR) is 67.7 cm³/mol. The Balaban J connectivity index is 1.64. The highest BCUT2D eigenvalue weighted by Crippen LogP contribution is 2.25. The zero-order valence-corrected chi connectivity index (χ0v) is 10.6. The number of amides is 1. The van der Waals surface area contributed by atoms with Gasteiger partial charge in [-0.1, -0.05) is 25.6 Å². The largest absolute Gasteiger partial charge is 0.356 e. The van der Waals surface area contributed by atoms with Crippen molar-refractivity contribution in [3.05, 3.63) is 0 Å². The molecule has 0 saturated heterocycles. The number of nitrogens with one attached hydrogen (secondary N) is 2. The van der Waals surface area contributed by atoms with E-state index in [0.717, 1.165) is 24.6 Å². The van der Waals surface area contributed by atoms with Gasteiger partial charge in [-0.15, -0.1) is 0 Å². The lowest BCUT2D eigenvalue weighted by Gasteiger charge is -2.12. The van der Waals surface area contributed by atoms with Crippen LogP contribution in [0.25, 0.3) is 0 Å². The summed E-state index contributed by atoms with van der Waals surface area (Å²) in [5.41, 5.74) is 0. The molecule has 2 rings (SSSR count). The van der Waals surface area contributed by atoms with Crippen molar-refractivity contribution in [2.75, 3.05) is 13.1 Å². The summed E-state index contributed by atoms with van der Waals surface area (Å²) in [6, 6.07) is 0.441. The predicted octanol–water partition coefficient (Wildman–Crippen LogP) is 0.982. The second-order valence-electron chi connectivity index (χ2n) is 4.74. The lowest BCUT2D eigenvalue weighted by molar-refractivity contribution is -0.120. The van der Waals surface area contributed by atoms with Crippen molar-refractivity contribution in [1.29, 1.82) is 0 Å². The first-order chi connectivity index (χ1) is 7.65. The summed E-state index contributed by atoms with van der Waals surface area (Å²) in [5.74, 6) is 0.715. The van der Waals surface area contributed by atoms with Crippen molar-refractivity contribution in [2.24, 2.45) is 10.9 Å². The van der Waals surface area contributed by atoms with E-state index in [0.29, 0.717) is 23.8 Å². The number of thioether (sulfide) groups is 1. The molecule has 1 amide bonds. The van der Waals surface area contributed by atoms with Gasteiger partial charge >= 0.3 is 0 Å². The molecule has 0 aromatic heterocycles. The van der Waals surface area contributed by atoms with Gasteiger partial charge in [-0.25, -0.2) is 0 Å². The molecule has 1 saturated carbocycles. The zero-order valence-electron chi connectivity index (χ0n) is 9.82. The number of hydrogen-bond acceptors (Lipinski definition) is 4. The molecule has 0 spiro atoms. The molecule has 1 unspecified atom stereocenters. The third kappa shape index (κ3) is 3.40. The van der Waals surface area contributed by atoms with E-state index in [4.69, 9.17) is 0 Å². The fourth-order valence-electron chi connectivity index (χ4n) is 1.50. The van der Waals surface area contributed by atoms with E-state index in [-0.39, 0.29) is 5.91 Å². The number of carbonyl (C=O) groups is 1. The van der Waals surface area contributed by atoms with Crippen LogP contribution in [0.3, 0.4) is 0 Å². The van der Waals surface area contributed by atoms with Crippen molar-refractivity contribution in [1.82, 2.24) is 10.6 Å². The highest BCUT2D eigenvalue weighted by Gasteiger charge is 2.25. The minimum absolute atomic E-state index is 0.0822. The average Bonchev–Trinajstić information content (AvgIpc) is 2.91. The maximum Gasteiger partial charge on any atom is 0.239 e. The van der Waals surface area contributed by atoms with Gasteiger partial charge < -0.3 is 10.6 Å². The minimum atomic E-state index is 0.0822. The monoisotopic (exact) mass is 241 g/mol. The average molecular weight is 241 g/mol. The molecule has 1 fully saturated rings. The Bertz CT molecular complexity index is 300. The third-order valence-corrected chi connectivity index (χ3v) is 4.26. The van der Waals surface area contributed by atoms with Crippen LogP contribution in [0.5, 0.6) is 0 Å². The number of nitrogens with zero attached hydrogens (tertiary/aromatic N) is 1. The number of hydrogen-bond donors (Lipinski definition) is 2. The molecule has 1 aliphatic carbocycles. The first kappa shape index (κ1) is 11.8. The van der Waals surface area contributed by atoms with Crippen LogP contribution < -0.4 is 10.6 Å². The molecule has 2 aliphatic rings. The molecule has 5 heteroatoms. The molecule has 1 heterocycles. The van der Waals surface area contributed by atoms with E-state index < -0.39 is 0 Å². The second kappa shape index (κ2) is 5.08. The van der Waals surface area contributed by atoms with E-state index in [2.05, 4.69) is 29.5 Å². The van der Waals surface area contributed by atoms with Gasteiger partial charge in [0.2, 0.25) is 5.91 Å². The normalized spacial score (nSPS) is 24.4. The Kier molecular flexibility index (Phi) is 3.74. The molecule has 4 nitrogen and oxygen atoms in total. The highest BCUT2D eigenvalue weighted by atomic mass is 32.2. The van der Waals surface area contributed by atoms with Crippen LogP contribution >= 0.6 is 11.8 Å². The minimum Gasteiger partial charge on any atom is -0.356 e. The summed E-state index contributed by atoms with van der Waals surface area (Å²) >= 11 is 1.75. The molecule has 2 N–H and O–H groups in total. The molecule has 0 aromatic rings. The summed E-state index contributed by atoms with van der Waals surface area (Å²) in [7, 11) is 0. The number of aliphatic imine (C=N–C) groups is 1. The van der Waals surface area contributed by atoms with E-state index in [1.165, 1.54) is 0 Å². The van der Waals surface area contributed by atoms with Gasteiger partial charge in [-0.05, 0) is 18.8 Å². The quantitative estimate of drug-likeness (QED) is 0.771. The Morgan fingerprint density at radius 3 is 2.88 bits per heavy atom. The maximum atomic E-state index is 11.4. The van der Waals surface area contributed by atoms with Crippen molar-refractivity contribution in [2.45, 2.75) is 38.0 Å². The Morgan fingerprint density at radius 1 is 1.56 bits per heavy atom. The molecule has 1 aliphatic heterocycles. The van der Waals surface area contributed by atoms with Gasteiger partial charge in [0.1, 0.15) is 0 Å². The summed E-state index contributed by atoms with van der Waals surface area (Å²) in [6.07, 6.45) is 2.27. The molecule has 90 valence electrons. The standard InChI is InChI=1S/C11H19N3OS/c1-7(2)9-5-12-11(16-9)13-6-10(15)14-8-3-4-8/h7-9H,3-6H2,1-2H3,(H,12,13)(H,14,15). The molecular formula is C11H19N3OS. The fraction of sp³-hybridized carbons (Fsp3) is 0.818. The van der Waals surface area contributed by atoms with Crippen LogP contribution in [0, 0.1) is 5.92 Å². The van der Waals surface area contributed by atoms with Crippen LogP contribution in [-0.4, -0.2) is 35.5 Å². The van der Waals surface area contributed by atoms with Gasteiger partial charge in [0, 0.05) is 11.3 Å². The highest BCUT2D eigenvalue weighted by molar-refractivity contribution is 8.14. The van der Waals surface area contributed by atoms with Gasteiger partial charge in [0.15, 0.2) is 5.17 Å². The fourth-order valence-corrected chi connectivity index (χ4v) is 2.51. The van der Waals surface area contributed by atoms with Crippen LogP contribution in [0.4, 0.5) is 0 Å². The molecule has 0 bridgehead atoms. The van der Waals surface area contributed by atoms with E-state index in [1.807, 2.05) is 0 Å². The summed E-state index contributed by atoms with van der Waals surface area (Å²) in [6.45, 7) is 5.63. The molecule has 16 heavy (non-hydrogen) atoms. The summed E-state index contributed by atoms with van der Waals surface area (Å²) < 4.78 is 0. The third-order valence-electron chi connectivity index (χ3n) is 2.76. The van der Waals surface area contributed by atoms with Gasteiger partial charge in [-0.2, -0.15) is 0 Å². The summed E-state index contributed by atoms with van der Waals surface area (Å²) in [4.78, 5) is 15.8. The second-order valence-corrected chi connectivity index (χ2v) is 5.97. The van der Waals surface area contributed by atoms with E-state index in [1.54, 1.807) is 11.8 Å². The van der Waals surface area contributed by atoms with Crippen LogP contribution in [0.15, 0.2) is 4.99 Å². The van der Waals surface area contributed by atoms with Gasteiger partial charge in [0.25, 0.3) is 0 Å². The first-order valence-corrected chi connectivity index (χ1v) is 6.77. The number of amidine groups is 1. The Hall–Kier alpha value is -0.710. The lowest BCUT2D eigenvalue weighted by Crippen LogP contribution is -2.36. The maximum absolute atomic E-state index is 11.4. The Morgan fingerprint density at radius 2 is 2.31 bits per heavy atom. The SMILES string of the molecule is CC(C)C1CN=C(NCC(=O)NC2CC2)S1. The van der Waals surface area contributed by atoms with Gasteiger partial charge in [-0.3, -0.25) is 9.79 Å². The molecule has 0 aromatic carbocycles. The number of rotatable bonds is 4. The van der Waals surface area contributed by atoms with Crippen LogP contribution in [-0.2, 0) is 4.79 Å². The van der Waals surface area contributed by atoms with Crippen molar-refractivity contribution >= 4 is 22.8 Å². The Labute approximate surface area is 101 Å². The van der Waals surface area contributed by atoms with Crippen molar-refractivity contribution in [3.63, 3.8) is 0 Å².